The van der Waals surface area contributed by atoms with Crippen molar-refractivity contribution in [2.24, 2.45) is 0 Å². The zero-order valence-electron chi connectivity index (χ0n) is 20.8. The monoisotopic (exact) mass is 532 g/mol. The van der Waals surface area contributed by atoms with Crippen LogP contribution in [0.4, 0.5) is 9.52 Å². The third kappa shape index (κ3) is 3.44. The van der Waals surface area contributed by atoms with E-state index in [4.69, 9.17) is 18.6 Å². The molecule has 1 aliphatic heterocycles. The van der Waals surface area contributed by atoms with Crippen molar-refractivity contribution in [3.63, 3.8) is 0 Å². The van der Waals surface area contributed by atoms with Crippen LogP contribution in [0.2, 0.25) is 0 Å². The number of amides is 1. The van der Waals surface area contributed by atoms with Crippen LogP contribution in [-0.2, 0) is 0 Å². The van der Waals surface area contributed by atoms with Gasteiger partial charge in [-0.05, 0) is 49.4 Å². The van der Waals surface area contributed by atoms with Crippen LogP contribution in [-0.4, -0.2) is 32.2 Å². The van der Waals surface area contributed by atoms with E-state index in [1.165, 1.54) is 38.4 Å². The van der Waals surface area contributed by atoms with Crippen LogP contribution in [0.5, 0.6) is 17.2 Å². The molecular weight excluding hydrogens is 511 g/mol. The summed E-state index contributed by atoms with van der Waals surface area (Å²) in [4.78, 5) is 33.9. The number of rotatable bonds is 5. The lowest BCUT2D eigenvalue weighted by atomic mass is 9.97. The average molecular weight is 533 g/mol. The number of methoxy groups -OCH3 is 3. The van der Waals surface area contributed by atoms with Gasteiger partial charge in [0, 0.05) is 5.56 Å². The molecule has 6 rings (SSSR count). The lowest BCUT2D eigenvalue weighted by Crippen LogP contribution is -2.29. The van der Waals surface area contributed by atoms with E-state index in [2.05, 4.69) is 4.98 Å². The number of aromatic nitrogens is 1. The van der Waals surface area contributed by atoms with Gasteiger partial charge in [0.2, 0.25) is 11.5 Å². The molecule has 3 heterocycles. The molecule has 2 aromatic heterocycles. The summed E-state index contributed by atoms with van der Waals surface area (Å²) in [6.07, 6.45) is 0. The van der Waals surface area contributed by atoms with Crippen molar-refractivity contribution in [3.05, 3.63) is 87.0 Å². The number of aryl methyl sites for hydroxylation is 1. The molecule has 1 amide bonds. The molecule has 8 nitrogen and oxygen atoms in total. The minimum absolute atomic E-state index is 0.0846. The van der Waals surface area contributed by atoms with Crippen molar-refractivity contribution in [3.8, 4) is 17.2 Å². The Kier molecular flexibility index (Phi) is 5.57. The fraction of sp³-hybridized carbons (Fsp3) is 0.179. The number of halogens is 1. The molecule has 192 valence electrons. The number of hydrogen-bond donors (Lipinski definition) is 0. The topological polar surface area (TPSA) is 91.1 Å². The van der Waals surface area contributed by atoms with E-state index in [1.807, 2.05) is 13.0 Å². The van der Waals surface area contributed by atoms with Crippen molar-refractivity contribution in [1.82, 2.24) is 4.98 Å². The third-order valence-electron chi connectivity index (χ3n) is 6.60. The molecule has 0 bridgehead atoms. The molecule has 0 spiro atoms. The highest BCUT2D eigenvalue weighted by atomic mass is 32.1. The average Bonchev–Trinajstić information content (AvgIpc) is 3.46. The van der Waals surface area contributed by atoms with E-state index in [9.17, 15) is 14.0 Å². The van der Waals surface area contributed by atoms with Gasteiger partial charge in [0.25, 0.3) is 5.91 Å². The Bertz CT molecular complexity index is 1830. The molecule has 3 aromatic carbocycles. The van der Waals surface area contributed by atoms with E-state index in [-0.39, 0.29) is 21.9 Å². The van der Waals surface area contributed by atoms with Crippen molar-refractivity contribution >= 4 is 43.6 Å². The number of anilines is 1. The SMILES string of the molecule is COc1ccc([C@H]2c3c(oc4ccc(C)cc4c3=O)C(=O)N2c2nc3ccc(F)cc3s2)c(OC)c1OC. The maximum atomic E-state index is 14.0. The van der Waals surface area contributed by atoms with Gasteiger partial charge in [0.1, 0.15) is 17.4 Å². The molecule has 0 saturated heterocycles. The maximum Gasteiger partial charge on any atom is 0.297 e. The summed E-state index contributed by atoms with van der Waals surface area (Å²) in [5.74, 6) is -0.0279. The summed E-state index contributed by atoms with van der Waals surface area (Å²) in [7, 11) is 4.44. The molecule has 10 heteroatoms. The minimum Gasteiger partial charge on any atom is -0.493 e. The Morgan fingerprint density at radius 2 is 1.76 bits per heavy atom. The fourth-order valence-corrected chi connectivity index (χ4v) is 5.92. The van der Waals surface area contributed by atoms with Gasteiger partial charge in [-0.25, -0.2) is 9.37 Å². The molecule has 0 fully saturated rings. The number of ether oxygens (including phenoxy) is 3. The van der Waals surface area contributed by atoms with Gasteiger partial charge >= 0.3 is 0 Å². The van der Waals surface area contributed by atoms with Crippen molar-refractivity contribution in [1.29, 1.82) is 0 Å². The first kappa shape index (κ1) is 23.9. The number of thiazole rings is 1. The van der Waals surface area contributed by atoms with Crippen LogP contribution < -0.4 is 24.5 Å². The van der Waals surface area contributed by atoms with E-state index in [0.717, 1.165) is 16.9 Å². The van der Waals surface area contributed by atoms with E-state index < -0.39 is 17.8 Å². The summed E-state index contributed by atoms with van der Waals surface area (Å²) < 4.78 is 37.3. The first-order valence-electron chi connectivity index (χ1n) is 11.6. The number of benzene rings is 3. The number of hydrogen-bond acceptors (Lipinski definition) is 8. The van der Waals surface area contributed by atoms with E-state index >= 15 is 0 Å². The van der Waals surface area contributed by atoms with Gasteiger partial charge < -0.3 is 18.6 Å². The first-order chi connectivity index (χ1) is 18.4. The maximum absolute atomic E-state index is 14.0. The second kappa shape index (κ2) is 8.84. The van der Waals surface area contributed by atoms with Crippen molar-refractivity contribution in [2.45, 2.75) is 13.0 Å². The number of nitrogens with zero attached hydrogens (tertiary/aromatic N) is 2. The van der Waals surface area contributed by atoms with E-state index in [0.29, 0.717) is 44.0 Å². The highest BCUT2D eigenvalue weighted by Crippen LogP contribution is 2.50. The molecule has 0 unspecified atom stereocenters. The number of carbonyl (C=O) groups is 1. The third-order valence-corrected chi connectivity index (χ3v) is 7.62. The number of fused-ring (bicyclic) bond motifs is 3. The Labute approximate surface area is 219 Å². The smallest absolute Gasteiger partial charge is 0.297 e. The molecule has 38 heavy (non-hydrogen) atoms. The van der Waals surface area contributed by atoms with Crippen LogP contribution in [0.1, 0.15) is 33.3 Å². The molecule has 1 atom stereocenters. The quantitative estimate of drug-likeness (QED) is 0.290. The van der Waals surface area contributed by atoms with E-state index in [1.54, 1.807) is 30.3 Å². The van der Waals surface area contributed by atoms with Gasteiger partial charge in [-0.2, -0.15) is 0 Å². The van der Waals surface area contributed by atoms with Gasteiger partial charge in [-0.1, -0.05) is 23.0 Å². The minimum atomic E-state index is -0.959. The molecule has 0 N–H and O–H groups in total. The lowest BCUT2D eigenvalue weighted by Gasteiger charge is -2.25. The molecule has 0 radical (unpaired) electrons. The van der Waals surface area contributed by atoms with Gasteiger partial charge in [0.05, 0.1) is 42.5 Å². The molecule has 0 aliphatic carbocycles. The highest BCUT2D eigenvalue weighted by molar-refractivity contribution is 7.22. The van der Waals surface area contributed by atoms with Crippen molar-refractivity contribution < 1.29 is 27.8 Å². The summed E-state index contributed by atoms with van der Waals surface area (Å²) in [5, 5.41) is 0.637. The normalized spacial score (nSPS) is 14.8. The van der Waals surface area contributed by atoms with Gasteiger partial charge in [-0.3, -0.25) is 14.5 Å². The van der Waals surface area contributed by atoms with Crippen molar-refractivity contribution in [2.75, 3.05) is 26.2 Å². The molecule has 0 saturated carbocycles. The second-order valence-corrected chi connectivity index (χ2v) is 9.79. The Morgan fingerprint density at radius 3 is 2.50 bits per heavy atom. The first-order valence-corrected chi connectivity index (χ1v) is 12.4. The zero-order valence-corrected chi connectivity index (χ0v) is 21.6. The summed E-state index contributed by atoms with van der Waals surface area (Å²) in [6.45, 7) is 1.87. The summed E-state index contributed by atoms with van der Waals surface area (Å²) >= 11 is 1.14. The van der Waals surface area contributed by atoms with Crippen LogP contribution in [0, 0.1) is 12.7 Å². The predicted molar refractivity (Wildman–Crippen MR) is 142 cm³/mol. The molecule has 5 aromatic rings. The van der Waals surface area contributed by atoms with Crippen LogP contribution in [0.25, 0.3) is 21.2 Å². The Morgan fingerprint density at radius 1 is 0.974 bits per heavy atom. The molecular formula is C28H21FN2O6S. The summed E-state index contributed by atoms with van der Waals surface area (Å²) in [6, 6.07) is 11.9. The van der Waals surface area contributed by atoms with Crippen LogP contribution in [0.15, 0.2) is 57.7 Å². The highest BCUT2D eigenvalue weighted by Gasteiger charge is 2.46. The van der Waals surface area contributed by atoms with Crippen LogP contribution in [0.3, 0.4) is 0 Å². The summed E-state index contributed by atoms with van der Waals surface area (Å²) in [5.41, 5.74) is 1.99. The molecule has 1 aliphatic rings. The second-order valence-electron chi connectivity index (χ2n) is 8.78. The van der Waals surface area contributed by atoms with Gasteiger partial charge in [-0.15, -0.1) is 0 Å². The fourth-order valence-electron chi connectivity index (χ4n) is 4.91. The van der Waals surface area contributed by atoms with Crippen LogP contribution >= 0.6 is 11.3 Å². The largest absolute Gasteiger partial charge is 0.493 e. The Balaban J connectivity index is 1.68. The predicted octanol–water partition coefficient (Wildman–Crippen LogP) is 5.63. The zero-order chi connectivity index (χ0) is 26.7. The lowest BCUT2D eigenvalue weighted by molar-refractivity contribution is 0.0970. The standard InChI is InChI=1S/C28H21FN2O6S/c1-13-5-9-18-16(11-13)23(32)21-22(15-7-10-19(34-2)25(36-4)24(15)35-3)31(27(33)26(21)37-18)28-30-17-8-6-14(29)12-20(17)38-28/h5-12,22H,1-4H3/t22-/m0/s1. The number of carbonyl (C=O) groups excluding carboxylic acids is 1. The van der Waals surface area contributed by atoms with Gasteiger partial charge in [0.15, 0.2) is 22.1 Å². The Hall–Kier alpha value is -4.44.